The zero-order valence-electron chi connectivity index (χ0n) is 17.7. The van der Waals surface area contributed by atoms with Gasteiger partial charge in [-0.05, 0) is 23.8 Å². The summed E-state index contributed by atoms with van der Waals surface area (Å²) < 4.78 is 4.58. The molecule has 35 heavy (non-hydrogen) atoms. The molecule has 0 aromatic heterocycles. The van der Waals surface area contributed by atoms with Gasteiger partial charge in [-0.2, -0.15) is 0 Å². The predicted octanol–water partition coefficient (Wildman–Crippen LogP) is -4.24. The third-order valence-corrected chi connectivity index (χ3v) is 5.08. The van der Waals surface area contributed by atoms with E-state index in [9.17, 15) is 34.8 Å². The number of carbonyl (C=O) groups excluding carboxylic acids is 3. The molecule has 6 atom stereocenters. The summed E-state index contributed by atoms with van der Waals surface area (Å²) in [5.41, 5.74) is -0.598. The molecule has 0 amide bonds. The topological polar surface area (TPSA) is 263 Å². The van der Waals surface area contributed by atoms with Crippen molar-refractivity contribution < 1.29 is 70.2 Å². The molecule has 1 unspecified atom stereocenters. The molecule has 10 N–H and O–H groups in total. The minimum atomic E-state index is -3.58. The molecule has 0 radical (unpaired) electrons. The lowest BCUT2D eigenvalue weighted by Crippen LogP contribution is -2.60. The molecule has 2 aliphatic rings. The second kappa shape index (κ2) is 11.1. The van der Waals surface area contributed by atoms with Crippen molar-refractivity contribution >= 4 is 23.4 Å². The van der Waals surface area contributed by atoms with Crippen molar-refractivity contribution in [3.63, 3.8) is 0 Å². The number of hydrogen-bond donors (Lipinski definition) is 10. The van der Waals surface area contributed by atoms with Crippen molar-refractivity contribution in [2.24, 2.45) is 0 Å². The fourth-order valence-electron chi connectivity index (χ4n) is 3.01. The Morgan fingerprint density at radius 3 is 2.06 bits per heavy atom. The lowest BCUT2D eigenvalue weighted by Gasteiger charge is -2.37. The van der Waals surface area contributed by atoms with Crippen LogP contribution in [0, 0.1) is 0 Å². The highest BCUT2D eigenvalue weighted by molar-refractivity contribution is 6.39. The van der Waals surface area contributed by atoms with E-state index < -0.39 is 77.9 Å². The van der Waals surface area contributed by atoms with Gasteiger partial charge in [0.05, 0.1) is 6.61 Å². The van der Waals surface area contributed by atoms with Gasteiger partial charge in [0.2, 0.25) is 17.3 Å². The number of benzene rings is 1. The Bertz CT molecular complexity index is 1010. The number of hydrogen-bond acceptors (Lipinski definition) is 14. The molecule has 0 bridgehead atoms. The maximum atomic E-state index is 11.8. The van der Waals surface area contributed by atoms with E-state index in [2.05, 4.69) is 4.74 Å². The van der Waals surface area contributed by atoms with Crippen molar-refractivity contribution in [3.05, 3.63) is 47.2 Å². The van der Waals surface area contributed by atoms with Gasteiger partial charge in [0, 0.05) is 0 Å². The summed E-state index contributed by atoms with van der Waals surface area (Å²) >= 11 is 0. The first-order valence-electron chi connectivity index (χ1n) is 9.89. The second-order valence-corrected chi connectivity index (χ2v) is 7.54. The largest absolute Gasteiger partial charge is 0.508 e. The van der Waals surface area contributed by atoms with Gasteiger partial charge in [-0.3, -0.25) is 14.4 Å². The molecule has 0 spiro atoms. The Hall–Kier alpha value is -3.05. The van der Waals surface area contributed by atoms with Gasteiger partial charge in [0.25, 0.3) is 5.79 Å². The van der Waals surface area contributed by atoms with E-state index in [1.54, 1.807) is 0 Å². The molecule has 1 aromatic rings. The van der Waals surface area contributed by atoms with Crippen LogP contribution < -0.4 is 0 Å². The van der Waals surface area contributed by atoms with E-state index in [1.165, 1.54) is 30.3 Å². The SMILES string of the molecule is O=C1C(=C(O)/C=C/c2ccc(O)cc2)C(=O)C(O)(O)C(=O)C1O.OC[C@H]1O[C@@H](O)[C@H](O)[C@@H](O)[C@@H]1O. The molecule has 3 rings (SSSR count). The number of aliphatic hydroxyl groups excluding tert-OH is 7. The fourth-order valence-corrected chi connectivity index (χ4v) is 3.01. The van der Waals surface area contributed by atoms with Gasteiger partial charge in [0.15, 0.2) is 12.4 Å². The van der Waals surface area contributed by atoms with Crippen molar-refractivity contribution in [1.29, 1.82) is 0 Å². The molecule has 1 aliphatic heterocycles. The summed E-state index contributed by atoms with van der Waals surface area (Å²) in [7, 11) is 0. The normalized spacial score (nSPS) is 32.3. The van der Waals surface area contributed by atoms with Gasteiger partial charge in [-0.25, -0.2) is 0 Å². The molecule has 1 aromatic carbocycles. The molecule has 14 heteroatoms. The quantitative estimate of drug-likeness (QED) is 0.0620. The minimum Gasteiger partial charge on any atom is -0.508 e. The number of aromatic hydroxyl groups is 1. The Kier molecular flexibility index (Phi) is 8.96. The van der Waals surface area contributed by atoms with Crippen LogP contribution >= 0.6 is 0 Å². The summed E-state index contributed by atoms with van der Waals surface area (Å²) in [4.78, 5) is 34.8. The summed E-state index contributed by atoms with van der Waals surface area (Å²) in [6.45, 7) is -0.526. The number of allylic oxidation sites excluding steroid dienone is 1. The molecule has 1 saturated carbocycles. The number of ketones is 3. The third kappa shape index (κ3) is 5.96. The van der Waals surface area contributed by atoms with Crippen LogP contribution in [0.1, 0.15) is 5.56 Å². The third-order valence-electron chi connectivity index (χ3n) is 5.08. The van der Waals surface area contributed by atoms with E-state index in [1.807, 2.05) is 0 Å². The van der Waals surface area contributed by atoms with E-state index in [4.69, 9.17) is 30.6 Å². The first kappa shape index (κ1) is 28.2. The number of Topliss-reactive ketones (excluding diaryl/α,β-unsaturated/α-hetero) is 3. The molecule has 192 valence electrons. The fraction of sp³-hybridized carbons (Fsp3) is 0.381. The first-order valence-corrected chi connectivity index (χ1v) is 9.89. The van der Waals surface area contributed by atoms with E-state index in [-0.39, 0.29) is 5.75 Å². The first-order chi connectivity index (χ1) is 16.2. The number of rotatable bonds is 3. The standard InChI is InChI=1S/C15H12O8.C6H12O6/c16-8-4-1-7(2-5-8)3-6-9(17)10-11(18)12(19)14(21)15(22,23)13(10)20;7-1-2-3(8)4(9)5(10)6(11)12-2/h1-6,12,16-17,19,22-23H;2-11H,1H2/b6-3+,10-9?;/t;2-,3-,4+,5-,6-/m.1/s1. The summed E-state index contributed by atoms with van der Waals surface area (Å²) in [6.07, 6.45) is -7.32. The number of phenolic OH excluding ortho intramolecular Hbond substituents is 1. The molecule has 2 fully saturated rings. The van der Waals surface area contributed by atoms with Crippen molar-refractivity contribution in [2.75, 3.05) is 6.61 Å². The van der Waals surface area contributed by atoms with E-state index in [0.717, 1.165) is 6.08 Å². The Morgan fingerprint density at radius 1 is 0.943 bits per heavy atom. The molecular formula is C21H24O14. The highest BCUT2D eigenvalue weighted by Gasteiger charge is 2.56. The maximum Gasteiger partial charge on any atom is 0.293 e. The van der Waals surface area contributed by atoms with Gasteiger partial charge in [-0.1, -0.05) is 18.2 Å². The van der Waals surface area contributed by atoms with Gasteiger partial charge in [0.1, 0.15) is 41.5 Å². The molecule has 1 aliphatic carbocycles. The van der Waals surface area contributed by atoms with Crippen LogP contribution in [0.3, 0.4) is 0 Å². The van der Waals surface area contributed by atoms with Gasteiger partial charge in [-0.15, -0.1) is 0 Å². The van der Waals surface area contributed by atoms with Gasteiger partial charge < -0.3 is 55.8 Å². The Labute approximate surface area is 196 Å². The Balaban J connectivity index is 0.000000303. The molecule has 1 saturated heterocycles. The summed E-state index contributed by atoms with van der Waals surface area (Å²) in [5, 5.41) is 91.7. The zero-order valence-corrected chi connectivity index (χ0v) is 17.7. The Morgan fingerprint density at radius 2 is 1.51 bits per heavy atom. The number of carbonyl (C=O) groups is 3. The zero-order chi connectivity index (χ0) is 26.7. The average molecular weight is 500 g/mol. The van der Waals surface area contributed by atoms with E-state index in [0.29, 0.717) is 5.56 Å². The van der Waals surface area contributed by atoms with Crippen LogP contribution in [-0.2, 0) is 19.1 Å². The number of phenols is 1. The number of ether oxygens (including phenoxy) is 1. The molecular weight excluding hydrogens is 476 g/mol. The van der Waals surface area contributed by atoms with Crippen LogP contribution in [0.15, 0.2) is 41.7 Å². The molecule has 1 heterocycles. The second-order valence-electron chi connectivity index (χ2n) is 7.54. The highest BCUT2D eigenvalue weighted by Crippen LogP contribution is 2.25. The molecule has 14 nitrogen and oxygen atoms in total. The number of aliphatic hydroxyl groups is 9. The maximum absolute atomic E-state index is 11.8. The lowest BCUT2D eigenvalue weighted by molar-refractivity contribution is -0.286. The van der Waals surface area contributed by atoms with Crippen LogP contribution in [0.25, 0.3) is 6.08 Å². The van der Waals surface area contributed by atoms with Gasteiger partial charge >= 0.3 is 0 Å². The van der Waals surface area contributed by atoms with Crippen molar-refractivity contribution in [1.82, 2.24) is 0 Å². The van der Waals surface area contributed by atoms with Crippen LogP contribution in [0.2, 0.25) is 0 Å². The van der Waals surface area contributed by atoms with Crippen molar-refractivity contribution in [2.45, 2.75) is 42.6 Å². The smallest absolute Gasteiger partial charge is 0.293 e. The van der Waals surface area contributed by atoms with E-state index >= 15 is 0 Å². The minimum absolute atomic E-state index is 0.00865. The van der Waals surface area contributed by atoms with Crippen LogP contribution in [0.5, 0.6) is 5.75 Å². The average Bonchev–Trinajstić information content (AvgIpc) is 2.83. The summed E-state index contributed by atoms with van der Waals surface area (Å²) in [5.74, 6) is -9.42. The lowest BCUT2D eigenvalue weighted by atomic mass is 9.83. The highest BCUT2D eigenvalue weighted by atomic mass is 16.6. The van der Waals surface area contributed by atoms with Crippen LogP contribution in [0.4, 0.5) is 0 Å². The summed E-state index contributed by atoms with van der Waals surface area (Å²) in [6, 6.07) is 5.65. The monoisotopic (exact) mass is 500 g/mol. The predicted molar refractivity (Wildman–Crippen MR) is 111 cm³/mol. The van der Waals surface area contributed by atoms with Crippen LogP contribution in [-0.4, -0.2) is 118 Å². The van der Waals surface area contributed by atoms with Crippen molar-refractivity contribution in [3.8, 4) is 5.75 Å².